The molecule has 0 aliphatic rings. The van der Waals surface area contributed by atoms with E-state index in [-0.39, 0.29) is 10.6 Å². The average molecular weight is 195 g/mol. The van der Waals surface area contributed by atoms with Gasteiger partial charge in [-0.05, 0) is 12.1 Å². The summed E-state index contributed by atoms with van der Waals surface area (Å²) < 4.78 is 0.678. The second kappa shape index (κ2) is 2.70. The quantitative estimate of drug-likeness (QED) is 0.726. The predicted octanol–water partition coefficient (Wildman–Crippen LogP) is 1.70. The van der Waals surface area contributed by atoms with Gasteiger partial charge in [0.1, 0.15) is 5.52 Å². The smallest absolute Gasteiger partial charge is 0.349 e. The van der Waals surface area contributed by atoms with Crippen LogP contribution in [0, 0.1) is 0 Å². The van der Waals surface area contributed by atoms with E-state index in [2.05, 4.69) is 4.98 Å². The number of thiophene rings is 1. The number of fused-ring (bicyclic) bond motifs is 1. The van der Waals surface area contributed by atoms with Crippen LogP contribution in [0.15, 0.2) is 18.3 Å². The van der Waals surface area contributed by atoms with Gasteiger partial charge in [0.05, 0.1) is 4.70 Å². The van der Waals surface area contributed by atoms with Crippen LogP contribution in [-0.4, -0.2) is 21.2 Å². The van der Waals surface area contributed by atoms with Crippen LogP contribution >= 0.6 is 11.3 Å². The maximum Gasteiger partial charge on any atom is 0.349 e. The number of nitrogens with zero attached hydrogens (tertiary/aromatic N) is 1. The highest BCUT2D eigenvalue weighted by atomic mass is 32.1. The fourth-order valence-corrected chi connectivity index (χ4v) is 1.95. The summed E-state index contributed by atoms with van der Waals surface area (Å²) in [6, 6.07) is 3.42. The van der Waals surface area contributed by atoms with Gasteiger partial charge >= 0.3 is 5.97 Å². The third kappa shape index (κ3) is 1.13. The number of carboxylic acid groups (broad SMARTS) is 1. The van der Waals surface area contributed by atoms with Gasteiger partial charge in [0.15, 0.2) is 10.6 Å². The second-order valence-electron chi connectivity index (χ2n) is 2.44. The Balaban J connectivity index is 2.81. The largest absolute Gasteiger partial charge is 0.504 e. The van der Waals surface area contributed by atoms with Crippen molar-refractivity contribution in [1.29, 1.82) is 0 Å². The molecule has 4 nitrogen and oxygen atoms in total. The van der Waals surface area contributed by atoms with Crippen molar-refractivity contribution in [3.8, 4) is 5.75 Å². The number of aromatic hydroxyl groups is 1. The molecule has 0 bridgehead atoms. The number of hydrogen-bond acceptors (Lipinski definition) is 4. The molecule has 0 aromatic carbocycles. The predicted molar refractivity (Wildman–Crippen MR) is 48.2 cm³/mol. The highest BCUT2D eigenvalue weighted by molar-refractivity contribution is 7.21. The molecule has 2 aromatic rings. The van der Waals surface area contributed by atoms with E-state index in [1.807, 2.05) is 0 Å². The van der Waals surface area contributed by atoms with E-state index >= 15 is 0 Å². The lowest BCUT2D eigenvalue weighted by Gasteiger charge is -1.88. The van der Waals surface area contributed by atoms with Crippen molar-refractivity contribution in [1.82, 2.24) is 4.98 Å². The van der Waals surface area contributed by atoms with Crippen LogP contribution in [-0.2, 0) is 0 Å². The Bertz CT molecular complexity index is 477. The van der Waals surface area contributed by atoms with E-state index in [1.54, 1.807) is 12.1 Å². The van der Waals surface area contributed by atoms with Crippen LogP contribution in [0.1, 0.15) is 9.67 Å². The number of carbonyl (C=O) groups is 1. The second-order valence-corrected chi connectivity index (χ2v) is 3.49. The van der Waals surface area contributed by atoms with E-state index in [4.69, 9.17) is 5.11 Å². The molecular formula is C8H5NO3S. The van der Waals surface area contributed by atoms with Crippen molar-refractivity contribution < 1.29 is 15.0 Å². The summed E-state index contributed by atoms with van der Waals surface area (Å²) in [5.41, 5.74) is 0.352. The van der Waals surface area contributed by atoms with E-state index in [0.717, 1.165) is 11.3 Å². The zero-order chi connectivity index (χ0) is 9.42. The zero-order valence-electron chi connectivity index (χ0n) is 6.39. The SMILES string of the molecule is O=C(O)c1sc2cccnc2c1O. The molecule has 0 saturated carbocycles. The van der Waals surface area contributed by atoms with Crippen LogP contribution < -0.4 is 0 Å². The molecule has 0 fully saturated rings. The van der Waals surface area contributed by atoms with Gasteiger partial charge < -0.3 is 10.2 Å². The van der Waals surface area contributed by atoms with Gasteiger partial charge in [-0.25, -0.2) is 4.79 Å². The molecule has 2 rings (SSSR count). The zero-order valence-corrected chi connectivity index (χ0v) is 7.21. The molecule has 0 unspecified atom stereocenters. The molecule has 2 heterocycles. The van der Waals surface area contributed by atoms with Crippen LogP contribution in [0.5, 0.6) is 5.75 Å². The monoisotopic (exact) mass is 195 g/mol. The Kier molecular flexibility index (Phi) is 1.66. The van der Waals surface area contributed by atoms with Gasteiger partial charge in [0.2, 0.25) is 0 Å². The molecule has 0 aliphatic heterocycles. The minimum atomic E-state index is -1.12. The summed E-state index contributed by atoms with van der Waals surface area (Å²) in [5, 5.41) is 18.1. The van der Waals surface area contributed by atoms with Gasteiger partial charge in [-0.3, -0.25) is 4.98 Å². The maximum absolute atomic E-state index is 10.6. The molecule has 2 N–H and O–H groups in total. The molecule has 66 valence electrons. The Labute approximate surface area is 77.1 Å². The van der Waals surface area contributed by atoms with E-state index in [9.17, 15) is 9.90 Å². The Morgan fingerprint density at radius 2 is 2.31 bits per heavy atom. The van der Waals surface area contributed by atoms with Crippen molar-refractivity contribution in [3.63, 3.8) is 0 Å². The third-order valence-corrected chi connectivity index (χ3v) is 2.74. The van der Waals surface area contributed by atoms with Gasteiger partial charge in [-0.1, -0.05) is 0 Å². The first-order valence-corrected chi connectivity index (χ1v) is 4.31. The van der Waals surface area contributed by atoms with Crippen LogP contribution in [0.3, 0.4) is 0 Å². The molecule has 0 aliphatic carbocycles. The lowest BCUT2D eigenvalue weighted by molar-refractivity contribution is 0.0699. The van der Waals surface area contributed by atoms with Gasteiger partial charge in [-0.15, -0.1) is 11.3 Å². The molecule has 13 heavy (non-hydrogen) atoms. The lowest BCUT2D eigenvalue weighted by atomic mass is 10.3. The summed E-state index contributed by atoms with van der Waals surface area (Å²) in [7, 11) is 0. The normalized spacial score (nSPS) is 10.5. The standard InChI is InChI=1S/C8H5NO3S/c10-6-5-4(2-1-3-9-5)13-7(6)8(11)12/h1-3,10H,(H,11,12). The lowest BCUT2D eigenvalue weighted by Crippen LogP contribution is -1.91. The molecule has 2 aromatic heterocycles. The number of aromatic nitrogens is 1. The number of carboxylic acids is 1. The molecule has 0 amide bonds. The van der Waals surface area contributed by atoms with Crippen molar-refractivity contribution in [2.75, 3.05) is 0 Å². The number of hydrogen-bond donors (Lipinski definition) is 2. The van der Waals surface area contributed by atoms with Crippen LogP contribution in [0.2, 0.25) is 0 Å². The molecule has 0 atom stereocenters. The maximum atomic E-state index is 10.6. The first-order chi connectivity index (χ1) is 6.20. The van der Waals surface area contributed by atoms with Gasteiger partial charge in [-0.2, -0.15) is 0 Å². The highest BCUT2D eigenvalue weighted by Crippen LogP contribution is 2.34. The first kappa shape index (κ1) is 8.00. The molecule has 0 spiro atoms. The number of rotatable bonds is 1. The van der Waals surface area contributed by atoms with Crippen LogP contribution in [0.4, 0.5) is 0 Å². The Morgan fingerprint density at radius 3 is 2.92 bits per heavy atom. The van der Waals surface area contributed by atoms with Crippen molar-refractivity contribution in [3.05, 3.63) is 23.2 Å². The molecule has 0 radical (unpaired) electrons. The van der Waals surface area contributed by atoms with Gasteiger partial charge in [0, 0.05) is 6.20 Å². The molecule has 0 saturated heterocycles. The Morgan fingerprint density at radius 1 is 1.54 bits per heavy atom. The fourth-order valence-electron chi connectivity index (χ4n) is 1.06. The fraction of sp³-hybridized carbons (Fsp3) is 0. The molecular weight excluding hydrogens is 190 g/mol. The van der Waals surface area contributed by atoms with Crippen LogP contribution in [0.25, 0.3) is 10.2 Å². The van der Waals surface area contributed by atoms with E-state index in [1.165, 1.54) is 6.20 Å². The first-order valence-electron chi connectivity index (χ1n) is 3.50. The summed E-state index contributed by atoms with van der Waals surface area (Å²) in [4.78, 5) is 14.4. The van der Waals surface area contributed by atoms with E-state index in [0.29, 0.717) is 10.2 Å². The summed E-state index contributed by atoms with van der Waals surface area (Å²) in [6.07, 6.45) is 1.51. The van der Waals surface area contributed by atoms with E-state index < -0.39 is 5.97 Å². The van der Waals surface area contributed by atoms with Crippen molar-refractivity contribution >= 4 is 27.5 Å². The third-order valence-electron chi connectivity index (χ3n) is 1.62. The van der Waals surface area contributed by atoms with Gasteiger partial charge in [0.25, 0.3) is 0 Å². The topological polar surface area (TPSA) is 70.4 Å². The van der Waals surface area contributed by atoms with Crippen molar-refractivity contribution in [2.45, 2.75) is 0 Å². The Hall–Kier alpha value is -1.62. The number of pyridine rings is 1. The number of aromatic carboxylic acids is 1. The summed E-state index contributed by atoms with van der Waals surface area (Å²) >= 11 is 1.02. The highest BCUT2D eigenvalue weighted by Gasteiger charge is 2.17. The minimum Gasteiger partial charge on any atom is -0.504 e. The minimum absolute atomic E-state index is 0.0614. The molecule has 5 heteroatoms. The average Bonchev–Trinajstić information content (AvgIpc) is 2.45. The van der Waals surface area contributed by atoms with Crippen molar-refractivity contribution in [2.24, 2.45) is 0 Å². The summed E-state index contributed by atoms with van der Waals surface area (Å²) in [6.45, 7) is 0. The summed E-state index contributed by atoms with van der Waals surface area (Å²) in [5.74, 6) is -1.37.